The first kappa shape index (κ1) is 15.9. The maximum atomic E-state index is 12.9. The number of benzene rings is 3. The second-order valence-electron chi connectivity index (χ2n) is 5.67. The second-order valence-corrected chi connectivity index (χ2v) is 5.67. The van der Waals surface area contributed by atoms with Crippen molar-refractivity contribution < 1.29 is 13.9 Å². The topological polar surface area (TPSA) is 52.1 Å². The van der Waals surface area contributed by atoms with E-state index in [2.05, 4.69) is 9.97 Å². The predicted octanol–water partition coefficient (Wildman–Crippen LogP) is 4.66. The summed E-state index contributed by atoms with van der Waals surface area (Å²) in [5.74, 6) is -0.624. The molecule has 3 aromatic carbocycles. The minimum Gasteiger partial charge on any atom is -0.423 e. The van der Waals surface area contributed by atoms with Crippen LogP contribution in [-0.2, 0) is 0 Å². The van der Waals surface area contributed by atoms with Gasteiger partial charge >= 0.3 is 5.97 Å². The highest BCUT2D eigenvalue weighted by Crippen LogP contribution is 2.21. The molecule has 4 aromatic rings. The monoisotopic (exact) mass is 344 g/mol. The van der Waals surface area contributed by atoms with Crippen LogP contribution in [0.3, 0.4) is 0 Å². The molecule has 126 valence electrons. The molecule has 0 saturated carbocycles. The van der Waals surface area contributed by atoms with Crippen LogP contribution in [0.2, 0.25) is 0 Å². The van der Waals surface area contributed by atoms with Crippen LogP contribution in [0.1, 0.15) is 10.4 Å². The summed E-state index contributed by atoms with van der Waals surface area (Å²) in [6, 6.07) is 19.8. The van der Waals surface area contributed by atoms with Crippen LogP contribution in [0.4, 0.5) is 4.39 Å². The van der Waals surface area contributed by atoms with Gasteiger partial charge in [-0.25, -0.2) is 14.2 Å². The van der Waals surface area contributed by atoms with Gasteiger partial charge in [0.15, 0.2) is 0 Å². The third-order valence-electron chi connectivity index (χ3n) is 3.87. The highest BCUT2D eigenvalue weighted by atomic mass is 19.1. The van der Waals surface area contributed by atoms with Gasteiger partial charge in [0.25, 0.3) is 0 Å². The van der Waals surface area contributed by atoms with E-state index < -0.39 is 5.97 Å². The molecule has 0 bridgehead atoms. The van der Waals surface area contributed by atoms with Gasteiger partial charge in [0.05, 0.1) is 28.5 Å². The van der Waals surface area contributed by atoms with Gasteiger partial charge in [-0.1, -0.05) is 24.3 Å². The summed E-state index contributed by atoms with van der Waals surface area (Å²) in [7, 11) is 0. The van der Waals surface area contributed by atoms with Crippen LogP contribution < -0.4 is 4.74 Å². The van der Waals surface area contributed by atoms with E-state index in [1.165, 1.54) is 24.3 Å². The molecule has 0 atom stereocenters. The van der Waals surface area contributed by atoms with Gasteiger partial charge in [-0.2, -0.15) is 0 Å². The Morgan fingerprint density at radius 3 is 2.46 bits per heavy atom. The average Bonchev–Trinajstić information content (AvgIpc) is 2.69. The fraction of sp³-hybridized carbons (Fsp3) is 0. The van der Waals surface area contributed by atoms with Gasteiger partial charge in [0, 0.05) is 5.56 Å². The maximum Gasteiger partial charge on any atom is 0.343 e. The molecule has 0 spiro atoms. The van der Waals surface area contributed by atoms with Crippen molar-refractivity contribution in [1.82, 2.24) is 9.97 Å². The van der Waals surface area contributed by atoms with Gasteiger partial charge < -0.3 is 4.74 Å². The molecule has 0 amide bonds. The standard InChI is InChI=1S/C21H13FN2O2/c22-16-8-10-17(11-9-16)26-21(25)15-5-3-4-14(12-15)20-13-23-18-6-1-2-7-19(18)24-20/h1-13H. The van der Waals surface area contributed by atoms with Crippen molar-refractivity contribution in [1.29, 1.82) is 0 Å². The third kappa shape index (κ3) is 3.28. The Hall–Kier alpha value is -3.60. The Labute approximate surface area is 148 Å². The van der Waals surface area contributed by atoms with Gasteiger partial charge in [0.1, 0.15) is 11.6 Å². The molecule has 0 fully saturated rings. The summed E-state index contributed by atoms with van der Waals surface area (Å²) in [5, 5.41) is 0. The van der Waals surface area contributed by atoms with Crippen LogP contribution in [0.15, 0.2) is 79.0 Å². The summed E-state index contributed by atoms with van der Waals surface area (Å²) in [6.45, 7) is 0. The van der Waals surface area contributed by atoms with E-state index in [9.17, 15) is 9.18 Å². The number of carbonyl (C=O) groups excluding carboxylic acids is 1. The number of hydrogen-bond acceptors (Lipinski definition) is 4. The zero-order valence-corrected chi connectivity index (χ0v) is 13.6. The van der Waals surface area contributed by atoms with E-state index in [1.54, 1.807) is 24.4 Å². The predicted molar refractivity (Wildman–Crippen MR) is 96.3 cm³/mol. The second kappa shape index (κ2) is 6.72. The van der Waals surface area contributed by atoms with Crippen LogP contribution in [0.25, 0.3) is 22.3 Å². The Balaban J connectivity index is 1.62. The molecule has 0 saturated heterocycles. The number of esters is 1. The van der Waals surface area contributed by atoms with E-state index in [-0.39, 0.29) is 11.6 Å². The van der Waals surface area contributed by atoms with Crippen molar-refractivity contribution in [3.8, 4) is 17.0 Å². The zero-order chi connectivity index (χ0) is 17.9. The molecule has 1 heterocycles. The summed E-state index contributed by atoms with van der Waals surface area (Å²) < 4.78 is 18.2. The molecular formula is C21H13FN2O2. The van der Waals surface area contributed by atoms with E-state index in [1.807, 2.05) is 30.3 Å². The number of nitrogens with zero attached hydrogens (tertiary/aromatic N) is 2. The molecule has 26 heavy (non-hydrogen) atoms. The van der Waals surface area contributed by atoms with Gasteiger partial charge in [-0.05, 0) is 48.5 Å². The van der Waals surface area contributed by atoms with Gasteiger partial charge in [-0.3, -0.25) is 4.98 Å². The largest absolute Gasteiger partial charge is 0.423 e. The Morgan fingerprint density at radius 1 is 0.885 bits per heavy atom. The van der Waals surface area contributed by atoms with Crippen LogP contribution in [0, 0.1) is 5.82 Å². The number of hydrogen-bond donors (Lipinski definition) is 0. The van der Waals surface area contributed by atoms with Crippen molar-refractivity contribution in [2.45, 2.75) is 0 Å². The number of rotatable bonds is 3. The first-order valence-electron chi connectivity index (χ1n) is 7.99. The van der Waals surface area contributed by atoms with Crippen molar-refractivity contribution in [2.75, 3.05) is 0 Å². The number of fused-ring (bicyclic) bond motifs is 1. The summed E-state index contributed by atoms with van der Waals surface area (Å²) in [5.41, 5.74) is 3.39. The Morgan fingerprint density at radius 2 is 1.65 bits per heavy atom. The van der Waals surface area contributed by atoms with Crippen LogP contribution >= 0.6 is 0 Å². The minimum atomic E-state index is -0.521. The summed E-state index contributed by atoms with van der Waals surface area (Å²) >= 11 is 0. The lowest BCUT2D eigenvalue weighted by molar-refractivity contribution is 0.0734. The molecule has 1 aromatic heterocycles. The zero-order valence-electron chi connectivity index (χ0n) is 13.6. The van der Waals surface area contributed by atoms with E-state index in [4.69, 9.17) is 4.74 Å². The Bertz CT molecular complexity index is 1090. The van der Waals surface area contributed by atoms with E-state index >= 15 is 0 Å². The summed E-state index contributed by atoms with van der Waals surface area (Å²) in [6.07, 6.45) is 1.67. The van der Waals surface area contributed by atoms with Crippen LogP contribution in [0.5, 0.6) is 5.75 Å². The number of para-hydroxylation sites is 2. The quantitative estimate of drug-likeness (QED) is 0.401. The van der Waals surface area contributed by atoms with Crippen molar-refractivity contribution >= 4 is 17.0 Å². The molecule has 0 aliphatic rings. The molecule has 4 rings (SSSR count). The van der Waals surface area contributed by atoms with Crippen molar-refractivity contribution in [3.63, 3.8) is 0 Å². The number of halogens is 1. The Kier molecular flexibility index (Phi) is 4.11. The first-order valence-corrected chi connectivity index (χ1v) is 7.99. The van der Waals surface area contributed by atoms with Gasteiger partial charge in [-0.15, -0.1) is 0 Å². The molecular weight excluding hydrogens is 331 g/mol. The average molecular weight is 344 g/mol. The van der Waals surface area contributed by atoms with Crippen molar-refractivity contribution in [2.24, 2.45) is 0 Å². The lowest BCUT2D eigenvalue weighted by Crippen LogP contribution is -2.08. The fourth-order valence-electron chi connectivity index (χ4n) is 2.57. The van der Waals surface area contributed by atoms with Gasteiger partial charge in [0.2, 0.25) is 0 Å². The molecule has 0 aliphatic carbocycles. The van der Waals surface area contributed by atoms with E-state index in [0.29, 0.717) is 11.3 Å². The first-order chi connectivity index (χ1) is 12.7. The van der Waals surface area contributed by atoms with Crippen LogP contribution in [-0.4, -0.2) is 15.9 Å². The number of ether oxygens (including phenoxy) is 1. The van der Waals surface area contributed by atoms with E-state index in [0.717, 1.165) is 16.6 Å². The SMILES string of the molecule is O=C(Oc1ccc(F)cc1)c1cccc(-c2cnc3ccccc3n2)c1. The molecule has 0 unspecified atom stereocenters. The van der Waals surface area contributed by atoms with Crippen molar-refractivity contribution in [3.05, 3.63) is 90.4 Å². The highest BCUT2D eigenvalue weighted by Gasteiger charge is 2.11. The molecule has 4 nitrogen and oxygen atoms in total. The lowest BCUT2D eigenvalue weighted by Gasteiger charge is -2.07. The molecule has 0 N–H and O–H groups in total. The molecule has 5 heteroatoms. The smallest absolute Gasteiger partial charge is 0.343 e. The number of carbonyl (C=O) groups is 1. The fourth-order valence-corrected chi connectivity index (χ4v) is 2.57. The highest BCUT2D eigenvalue weighted by molar-refractivity contribution is 5.92. The lowest BCUT2D eigenvalue weighted by atomic mass is 10.1. The maximum absolute atomic E-state index is 12.9. The minimum absolute atomic E-state index is 0.285. The normalized spacial score (nSPS) is 10.7. The molecule has 0 aliphatic heterocycles. The third-order valence-corrected chi connectivity index (χ3v) is 3.87. The summed E-state index contributed by atoms with van der Waals surface area (Å²) in [4.78, 5) is 21.3. The molecule has 0 radical (unpaired) electrons. The number of aromatic nitrogens is 2.